The second-order valence-electron chi connectivity index (χ2n) is 5.88. The number of benzene rings is 1. The van der Waals surface area contributed by atoms with E-state index in [1.165, 1.54) is 0 Å². The van der Waals surface area contributed by atoms with Crippen molar-refractivity contribution in [1.82, 2.24) is 20.0 Å². The molecule has 6 heteroatoms. The van der Waals surface area contributed by atoms with Crippen LogP contribution < -0.4 is 5.32 Å². The maximum atomic E-state index is 12.4. The number of amides is 1. The van der Waals surface area contributed by atoms with Gasteiger partial charge in [0.05, 0.1) is 23.3 Å². The van der Waals surface area contributed by atoms with E-state index >= 15 is 0 Å². The zero-order valence-electron chi connectivity index (χ0n) is 14.2. The molecule has 2 aromatic heterocycles. The molecule has 3 aromatic rings. The number of aromatic nitrogens is 4. The summed E-state index contributed by atoms with van der Waals surface area (Å²) in [6.07, 6.45) is 1.62. The van der Waals surface area contributed by atoms with E-state index in [1.54, 1.807) is 10.9 Å². The molecular weight excluding hydrogens is 302 g/mol. The molecule has 122 valence electrons. The maximum Gasteiger partial charge on any atom is 0.277 e. The Morgan fingerprint density at radius 1 is 1.08 bits per heavy atom. The molecule has 0 saturated heterocycles. The summed E-state index contributed by atoms with van der Waals surface area (Å²) in [4.78, 5) is 16.8. The summed E-state index contributed by atoms with van der Waals surface area (Å²) in [5.74, 6) is -0.301. The van der Waals surface area contributed by atoms with Gasteiger partial charge in [-0.2, -0.15) is 0 Å². The highest BCUT2D eigenvalue weighted by molar-refractivity contribution is 6.03. The molecular formula is C18H19N5O. The molecule has 0 aliphatic heterocycles. The van der Waals surface area contributed by atoms with Gasteiger partial charge in [-0.15, -0.1) is 5.10 Å². The Kier molecular flexibility index (Phi) is 4.12. The first kappa shape index (κ1) is 15.9. The normalized spacial score (nSPS) is 10.7. The van der Waals surface area contributed by atoms with Gasteiger partial charge in [0.2, 0.25) is 0 Å². The van der Waals surface area contributed by atoms with Gasteiger partial charge in [-0.05, 0) is 51.5 Å². The van der Waals surface area contributed by atoms with Gasteiger partial charge >= 0.3 is 0 Å². The van der Waals surface area contributed by atoms with Crippen molar-refractivity contribution in [2.45, 2.75) is 27.7 Å². The summed E-state index contributed by atoms with van der Waals surface area (Å²) in [7, 11) is 0. The van der Waals surface area contributed by atoms with Crippen molar-refractivity contribution in [1.29, 1.82) is 0 Å². The number of anilines is 1. The summed E-state index contributed by atoms with van der Waals surface area (Å²) in [6, 6.07) is 9.78. The monoisotopic (exact) mass is 321 g/mol. The molecule has 0 saturated carbocycles. The third-order valence-corrected chi connectivity index (χ3v) is 3.79. The van der Waals surface area contributed by atoms with Crippen molar-refractivity contribution in [3.8, 4) is 5.69 Å². The Labute approximate surface area is 140 Å². The molecule has 1 N–H and O–H groups in total. The molecule has 0 aliphatic rings. The Morgan fingerprint density at radius 3 is 2.46 bits per heavy atom. The van der Waals surface area contributed by atoms with E-state index in [1.807, 2.05) is 58.0 Å². The summed E-state index contributed by atoms with van der Waals surface area (Å²) in [5, 5.41) is 10.9. The Balaban J connectivity index is 1.83. The summed E-state index contributed by atoms with van der Waals surface area (Å²) in [6.45, 7) is 7.77. The average Bonchev–Trinajstić information content (AvgIpc) is 3.01. The van der Waals surface area contributed by atoms with Crippen molar-refractivity contribution >= 4 is 11.6 Å². The van der Waals surface area contributed by atoms with E-state index in [0.717, 1.165) is 33.9 Å². The number of hydrogen-bond donors (Lipinski definition) is 1. The highest BCUT2D eigenvalue weighted by atomic mass is 16.2. The summed E-state index contributed by atoms with van der Waals surface area (Å²) >= 11 is 0. The standard InChI is InChI=1S/C18H19N5O/c1-11-5-7-15(8-6-11)23-10-16(21-22-23)18(24)20-17-12(2)9-13(3)19-14(17)4/h5-10H,1-4H3,(H,20,24). The predicted octanol–water partition coefficient (Wildman–Crippen LogP) is 3.15. The molecule has 0 bridgehead atoms. The second kappa shape index (κ2) is 6.23. The molecule has 0 atom stereocenters. The van der Waals surface area contributed by atoms with Crippen molar-refractivity contribution in [2.75, 3.05) is 5.32 Å². The summed E-state index contributed by atoms with van der Waals surface area (Å²) in [5.41, 5.74) is 5.68. The number of carbonyl (C=O) groups is 1. The Hall–Kier alpha value is -3.02. The minimum Gasteiger partial charge on any atom is -0.319 e. The number of rotatable bonds is 3. The second-order valence-corrected chi connectivity index (χ2v) is 5.88. The first-order chi connectivity index (χ1) is 11.4. The van der Waals surface area contributed by atoms with Crippen LogP contribution in [0.1, 0.15) is 33.0 Å². The van der Waals surface area contributed by atoms with Crippen molar-refractivity contribution < 1.29 is 4.79 Å². The van der Waals surface area contributed by atoms with Crippen LogP contribution in [-0.4, -0.2) is 25.9 Å². The lowest BCUT2D eigenvalue weighted by Crippen LogP contribution is -2.15. The molecule has 1 aromatic carbocycles. The third kappa shape index (κ3) is 3.17. The highest BCUT2D eigenvalue weighted by Crippen LogP contribution is 2.20. The van der Waals surface area contributed by atoms with Gasteiger partial charge in [0.15, 0.2) is 5.69 Å². The van der Waals surface area contributed by atoms with Crippen molar-refractivity contribution in [3.63, 3.8) is 0 Å². The fourth-order valence-corrected chi connectivity index (χ4v) is 2.58. The van der Waals surface area contributed by atoms with Gasteiger partial charge in [-0.1, -0.05) is 22.9 Å². The van der Waals surface area contributed by atoms with E-state index in [0.29, 0.717) is 0 Å². The minimum absolute atomic E-state index is 0.259. The maximum absolute atomic E-state index is 12.4. The van der Waals surface area contributed by atoms with Crippen LogP contribution in [0.2, 0.25) is 0 Å². The lowest BCUT2D eigenvalue weighted by molar-refractivity contribution is 0.102. The molecule has 6 nitrogen and oxygen atoms in total. The summed E-state index contributed by atoms with van der Waals surface area (Å²) < 4.78 is 1.58. The van der Waals surface area contributed by atoms with Gasteiger partial charge < -0.3 is 5.32 Å². The van der Waals surface area contributed by atoms with Crippen LogP contribution in [0.3, 0.4) is 0 Å². The van der Waals surface area contributed by atoms with Gasteiger partial charge in [-0.25, -0.2) is 4.68 Å². The molecule has 3 rings (SSSR count). The number of hydrogen-bond acceptors (Lipinski definition) is 4. The van der Waals surface area contributed by atoms with E-state index in [2.05, 4.69) is 20.6 Å². The number of aryl methyl sites for hydroxylation is 4. The zero-order valence-corrected chi connectivity index (χ0v) is 14.2. The predicted molar refractivity (Wildman–Crippen MR) is 92.5 cm³/mol. The van der Waals surface area contributed by atoms with Crippen LogP contribution in [0, 0.1) is 27.7 Å². The van der Waals surface area contributed by atoms with Crippen LogP contribution in [0.4, 0.5) is 5.69 Å². The van der Waals surface area contributed by atoms with Gasteiger partial charge in [0.25, 0.3) is 5.91 Å². The Bertz CT molecular complexity index is 873. The van der Waals surface area contributed by atoms with Crippen molar-refractivity contribution in [3.05, 3.63) is 64.7 Å². The molecule has 24 heavy (non-hydrogen) atoms. The molecule has 0 fully saturated rings. The van der Waals surface area contributed by atoms with Crippen LogP contribution in [0.5, 0.6) is 0 Å². The molecule has 1 amide bonds. The van der Waals surface area contributed by atoms with Gasteiger partial charge in [-0.3, -0.25) is 9.78 Å². The smallest absolute Gasteiger partial charge is 0.277 e. The number of pyridine rings is 1. The van der Waals surface area contributed by atoms with Crippen molar-refractivity contribution in [2.24, 2.45) is 0 Å². The van der Waals surface area contributed by atoms with E-state index in [9.17, 15) is 4.79 Å². The molecule has 0 spiro atoms. The fourth-order valence-electron chi connectivity index (χ4n) is 2.58. The van der Waals surface area contributed by atoms with Gasteiger partial charge in [0.1, 0.15) is 0 Å². The fraction of sp³-hybridized carbons (Fsp3) is 0.222. The molecule has 0 unspecified atom stereocenters. The number of carbonyl (C=O) groups excluding carboxylic acids is 1. The van der Waals surface area contributed by atoms with Crippen LogP contribution in [0.15, 0.2) is 36.5 Å². The third-order valence-electron chi connectivity index (χ3n) is 3.79. The number of nitrogens with one attached hydrogen (secondary N) is 1. The SMILES string of the molecule is Cc1ccc(-n2cc(C(=O)Nc3c(C)cc(C)nc3C)nn2)cc1. The highest BCUT2D eigenvalue weighted by Gasteiger charge is 2.15. The first-order valence-corrected chi connectivity index (χ1v) is 7.69. The van der Waals surface area contributed by atoms with E-state index in [4.69, 9.17) is 0 Å². The van der Waals surface area contributed by atoms with E-state index < -0.39 is 0 Å². The quantitative estimate of drug-likeness (QED) is 0.804. The lowest BCUT2D eigenvalue weighted by Gasteiger charge is -2.10. The minimum atomic E-state index is -0.301. The van der Waals surface area contributed by atoms with E-state index in [-0.39, 0.29) is 11.6 Å². The molecule has 0 aliphatic carbocycles. The molecule has 2 heterocycles. The largest absolute Gasteiger partial charge is 0.319 e. The topological polar surface area (TPSA) is 72.7 Å². The average molecular weight is 321 g/mol. The van der Waals surface area contributed by atoms with Crippen LogP contribution in [-0.2, 0) is 0 Å². The van der Waals surface area contributed by atoms with Crippen LogP contribution in [0.25, 0.3) is 5.69 Å². The van der Waals surface area contributed by atoms with Gasteiger partial charge in [0, 0.05) is 5.69 Å². The number of nitrogens with zero attached hydrogens (tertiary/aromatic N) is 4. The molecule has 0 radical (unpaired) electrons. The van der Waals surface area contributed by atoms with Crippen LogP contribution >= 0.6 is 0 Å². The Morgan fingerprint density at radius 2 is 1.79 bits per heavy atom. The lowest BCUT2D eigenvalue weighted by atomic mass is 10.1. The first-order valence-electron chi connectivity index (χ1n) is 7.69. The zero-order chi connectivity index (χ0) is 17.3.